The maximum absolute atomic E-state index is 13.6. The summed E-state index contributed by atoms with van der Waals surface area (Å²) in [6.07, 6.45) is 3.23. The molecular formula is C16H20F2O. The number of aliphatic hydroxyl groups is 1. The first kappa shape index (κ1) is 14.2. The summed E-state index contributed by atoms with van der Waals surface area (Å²) < 4.78 is 27.1. The van der Waals surface area contributed by atoms with E-state index in [1.165, 1.54) is 23.8 Å². The zero-order valence-electron chi connectivity index (χ0n) is 11.4. The van der Waals surface area contributed by atoms with Crippen molar-refractivity contribution in [3.8, 4) is 0 Å². The van der Waals surface area contributed by atoms with Crippen molar-refractivity contribution in [2.75, 3.05) is 0 Å². The summed E-state index contributed by atoms with van der Waals surface area (Å²) in [5.74, 6) is -0.650. The van der Waals surface area contributed by atoms with Crippen LogP contribution in [0.15, 0.2) is 29.8 Å². The van der Waals surface area contributed by atoms with Crippen LogP contribution in [-0.4, -0.2) is 11.2 Å². The lowest BCUT2D eigenvalue weighted by atomic mass is 9.79. The van der Waals surface area contributed by atoms with Crippen molar-refractivity contribution in [2.24, 2.45) is 11.8 Å². The Morgan fingerprint density at radius 2 is 1.95 bits per heavy atom. The average Bonchev–Trinajstić information content (AvgIpc) is 2.32. The van der Waals surface area contributed by atoms with Gasteiger partial charge in [0.25, 0.3) is 0 Å². The fourth-order valence-electron chi connectivity index (χ4n) is 2.99. The number of halogens is 2. The molecule has 0 bridgehead atoms. The monoisotopic (exact) mass is 266 g/mol. The lowest BCUT2D eigenvalue weighted by molar-refractivity contribution is 0.0915. The van der Waals surface area contributed by atoms with Crippen LogP contribution in [0.4, 0.5) is 8.78 Å². The van der Waals surface area contributed by atoms with Crippen LogP contribution in [0.5, 0.6) is 0 Å². The van der Waals surface area contributed by atoms with Gasteiger partial charge in [-0.15, -0.1) is 0 Å². The third-order valence-electron chi connectivity index (χ3n) is 3.85. The predicted molar refractivity (Wildman–Crippen MR) is 71.7 cm³/mol. The normalized spacial score (nSPS) is 25.0. The van der Waals surface area contributed by atoms with Gasteiger partial charge in [0, 0.05) is 12.0 Å². The molecule has 104 valence electrons. The number of aliphatic hydroxyl groups excluding tert-OH is 1. The minimum atomic E-state index is -0.697. The smallest absolute Gasteiger partial charge is 0.129 e. The van der Waals surface area contributed by atoms with Crippen molar-refractivity contribution in [1.29, 1.82) is 0 Å². The summed E-state index contributed by atoms with van der Waals surface area (Å²) in [5, 5.41) is 10.3. The van der Waals surface area contributed by atoms with Crippen LogP contribution >= 0.6 is 0 Å². The first-order chi connectivity index (χ1) is 8.97. The van der Waals surface area contributed by atoms with Gasteiger partial charge in [-0.25, -0.2) is 8.78 Å². The molecule has 0 saturated heterocycles. The Morgan fingerprint density at radius 3 is 2.53 bits per heavy atom. The number of hydrogen-bond donors (Lipinski definition) is 1. The molecular weight excluding hydrogens is 246 g/mol. The molecule has 0 radical (unpaired) electrons. The van der Waals surface area contributed by atoms with Gasteiger partial charge in [0.1, 0.15) is 11.6 Å². The highest BCUT2D eigenvalue weighted by molar-refractivity contribution is 5.21. The van der Waals surface area contributed by atoms with Gasteiger partial charge in [-0.1, -0.05) is 24.6 Å². The first-order valence-electron chi connectivity index (χ1n) is 6.75. The molecule has 1 aliphatic carbocycles. The van der Waals surface area contributed by atoms with Crippen molar-refractivity contribution >= 4 is 0 Å². The quantitative estimate of drug-likeness (QED) is 0.824. The van der Waals surface area contributed by atoms with E-state index in [4.69, 9.17) is 0 Å². The van der Waals surface area contributed by atoms with E-state index in [0.717, 1.165) is 12.8 Å². The Hall–Kier alpha value is -1.22. The lowest BCUT2D eigenvalue weighted by Crippen LogP contribution is -2.27. The molecule has 0 aromatic heterocycles. The summed E-state index contributed by atoms with van der Waals surface area (Å²) in [4.78, 5) is 0. The van der Waals surface area contributed by atoms with E-state index in [2.05, 4.69) is 13.0 Å². The Morgan fingerprint density at radius 1 is 1.32 bits per heavy atom. The zero-order valence-corrected chi connectivity index (χ0v) is 11.4. The van der Waals surface area contributed by atoms with Crippen LogP contribution in [0.1, 0.15) is 32.3 Å². The van der Waals surface area contributed by atoms with Crippen LogP contribution in [0.3, 0.4) is 0 Å². The molecule has 1 N–H and O–H groups in total. The number of hydrogen-bond acceptors (Lipinski definition) is 1. The van der Waals surface area contributed by atoms with E-state index in [0.29, 0.717) is 5.92 Å². The third-order valence-corrected chi connectivity index (χ3v) is 3.85. The van der Waals surface area contributed by atoms with Gasteiger partial charge < -0.3 is 5.11 Å². The van der Waals surface area contributed by atoms with Crippen molar-refractivity contribution in [1.82, 2.24) is 0 Å². The van der Waals surface area contributed by atoms with E-state index in [1.54, 1.807) is 0 Å². The predicted octanol–water partition coefficient (Wildman–Crippen LogP) is 3.86. The summed E-state index contributed by atoms with van der Waals surface area (Å²) >= 11 is 0. The largest absolute Gasteiger partial charge is 0.392 e. The van der Waals surface area contributed by atoms with Crippen molar-refractivity contribution < 1.29 is 13.9 Å². The van der Waals surface area contributed by atoms with E-state index in [-0.39, 0.29) is 17.9 Å². The molecule has 2 rings (SSSR count). The minimum Gasteiger partial charge on any atom is -0.392 e. The molecule has 3 heteroatoms. The highest BCUT2D eigenvalue weighted by atomic mass is 19.1. The summed E-state index contributed by atoms with van der Waals surface area (Å²) in [6, 6.07) is 3.82. The maximum Gasteiger partial charge on any atom is 0.129 e. The Kier molecular flexibility index (Phi) is 4.35. The zero-order chi connectivity index (χ0) is 14.0. The maximum atomic E-state index is 13.6. The van der Waals surface area contributed by atoms with E-state index >= 15 is 0 Å². The molecule has 3 atom stereocenters. The number of benzene rings is 1. The number of rotatable bonds is 3. The molecule has 0 spiro atoms. The molecule has 1 aromatic carbocycles. The molecule has 1 nitrogen and oxygen atoms in total. The molecule has 1 aliphatic rings. The van der Waals surface area contributed by atoms with E-state index in [9.17, 15) is 13.9 Å². The van der Waals surface area contributed by atoms with Crippen molar-refractivity contribution in [3.05, 3.63) is 47.0 Å². The fraction of sp³-hybridized carbons (Fsp3) is 0.500. The van der Waals surface area contributed by atoms with Gasteiger partial charge in [-0.3, -0.25) is 0 Å². The second-order valence-electron chi connectivity index (χ2n) is 5.66. The van der Waals surface area contributed by atoms with Crippen molar-refractivity contribution in [2.45, 2.75) is 39.2 Å². The molecule has 0 amide bonds. The SMILES string of the molecule is CC1=CC(C)CC(C(O)Cc2c(F)cccc2F)C1. The second kappa shape index (κ2) is 5.83. The van der Waals surface area contributed by atoms with Gasteiger partial charge in [-0.05, 0) is 43.7 Å². The van der Waals surface area contributed by atoms with Crippen molar-refractivity contribution in [3.63, 3.8) is 0 Å². The Bertz CT molecular complexity index is 461. The van der Waals surface area contributed by atoms with E-state index in [1.807, 2.05) is 6.92 Å². The highest BCUT2D eigenvalue weighted by Crippen LogP contribution is 2.31. The van der Waals surface area contributed by atoms with E-state index < -0.39 is 17.7 Å². The van der Waals surface area contributed by atoms with Gasteiger partial charge in [0.05, 0.1) is 6.10 Å². The molecule has 0 aliphatic heterocycles. The highest BCUT2D eigenvalue weighted by Gasteiger charge is 2.26. The van der Waals surface area contributed by atoms with Crippen LogP contribution in [0.25, 0.3) is 0 Å². The molecule has 0 fully saturated rings. The molecule has 0 heterocycles. The van der Waals surface area contributed by atoms with Crippen LogP contribution in [0.2, 0.25) is 0 Å². The Labute approximate surface area is 113 Å². The summed E-state index contributed by atoms with van der Waals surface area (Å²) in [7, 11) is 0. The van der Waals surface area contributed by atoms with Gasteiger partial charge in [-0.2, -0.15) is 0 Å². The summed E-state index contributed by atoms with van der Waals surface area (Å²) in [6.45, 7) is 4.14. The third kappa shape index (κ3) is 3.41. The van der Waals surface area contributed by atoms with Gasteiger partial charge in [0.2, 0.25) is 0 Å². The molecule has 1 aromatic rings. The van der Waals surface area contributed by atoms with Gasteiger partial charge >= 0.3 is 0 Å². The minimum absolute atomic E-state index is 0.00476. The topological polar surface area (TPSA) is 20.2 Å². The summed E-state index contributed by atoms with van der Waals surface area (Å²) in [5.41, 5.74) is 1.24. The van der Waals surface area contributed by atoms with Crippen LogP contribution < -0.4 is 0 Å². The second-order valence-corrected chi connectivity index (χ2v) is 5.66. The Balaban J connectivity index is 2.09. The molecule has 0 saturated carbocycles. The standard InChI is InChI=1S/C16H20F2O/c1-10-6-11(2)8-12(7-10)16(19)9-13-14(17)4-3-5-15(13)18/h3-6,10,12,16,19H,7-9H2,1-2H3. The van der Waals surface area contributed by atoms with Gasteiger partial charge in [0.15, 0.2) is 0 Å². The lowest BCUT2D eigenvalue weighted by Gasteiger charge is -2.29. The fourth-order valence-corrected chi connectivity index (χ4v) is 2.99. The van der Waals surface area contributed by atoms with Crippen LogP contribution in [0, 0.1) is 23.5 Å². The average molecular weight is 266 g/mol. The number of allylic oxidation sites excluding steroid dienone is 2. The molecule has 19 heavy (non-hydrogen) atoms. The molecule has 3 unspecified atom stereocenters. The van der Waals surface area contributed by atoms with Crippen LogP contribution in [-0.2, 0) is 6.42 Å². The first-order valence-corrected chi connectivity index (χ1v) is 6.75.